The van der Waals surface area contributed by atoms with Gasteiger partial charge in [-0.05, 0) is 0 Å². The van der Waals surface area contributed by atoms with Gasteiger partial charge in [-0.1, -0.05) is 0 Å². The van der Waals surface area contributed by atoms with Gasteiger partial charge in [0, 0.05) is 17.1 Å². The summed E-state index contributed by atoms with van der Waals surface area (Å²) >= 11 is 0. The van der Waals surface area contributed by atoms with Crippen LogP contribution in [0.2, 0.25) is 0 Å². The molecule has 0 fully saturated rings. The summed E-state index contributed by atoms with van der Waals surface area (Å²) < 4.78 is 0. The van der Waals surface area contributed by atoms with Crippen LogP contribution < -0.4 is 0 Å². The average molecular weight is 165 g/mol. The van der Waals surface area contributed by atoms with Crippen molar-refractivity contribution in [2.45, 2.75) is 0 Å². The van der Waals surface area contributed by atoms with E-state index in [0.29, 0.717) is 0 Å². The summed E-state index contributed by atoms with van der Waals surface area (Å²) in [4.78, 5) is 16.7. The molecule has 6 heteroatoms. The first-order valence-corrected chi connectivity index (χ1v) is 0.988. The van der Waals surface area contributed by atoms with E-state index in [4.69, 9.17) is 19.8 Å². The maximum Gasteiger partial charge on any atom is 0.290 e. The molecule has 5 nitrogen and oxygen atoms in total. The molecule has 1 radical (unpaired) electrons. The Morgan fingerprint density at radius 3 is 1.00 bits per heavy atom. The van der Waals surface area contributed by atoms with Crippen molar-refractivity contribution in [1.29, 1.82) is 0 Å². The molecule has 8 heavy (non-hydrogen) atoms. The Bertz CT molecular complexity index is 31.4. The van der Waals surface area contributed by atoms with Gasteiger partial charge in [-0.2, -0.15) is 0 Å². The van der Waals surface area contributed by atoms with E-state index in [-0.39, 0.29) is 35.5 Å². The maximum absolute atomic E-state index is 8.36. The van der Waals surface area contributed by atoms with Gasteiger partial charge in [0.1, 0.15) is 0 Å². The predicted molar refractivity (Wildman–Crippen MR) is 21.0 cm³/mol. The average Bonchev–Trinajstić information content (AvgIpc) is 1.39. The Hall–Kier alpha value is -0.581. The smallest absolute Gasteiger partial charge is 0.290 e. The number of rotatable bonds is 0. The van der Waals surface area contributed by atoms with Crippen LogP contribution in [0.25, 0.3) is 0 Å². The molecule has 0 aliphatic carbocycles. The Labute approximate surface area is 56.1 Å². The van der Waals surface area contributed by atoms with E-state index in [1.165, 1.54) is 0 Å². The summed E-state index contributed by atoms with van der Waals surface area (Å²) in [6, 6.07) is 0. The first-order chi connectivity index (χ1) is 2.83. The molecule has 4 N–H and O–H groups in total. The van der Waals surface area contributed by atoms with Crippen molar-refractivity contribution >= 4 is 12.9 Å². The maximum atomic E-state index is 8.36. The molecular formula is C2H6MnO5. The standard InChI is InChI=1S/2CH2O2.Mn.H2O/c2*2-1-3;;/h2*1H,(H,2,3);;1H2. The summed E-state index contributed by atoms with van der Waals surface area (Å²) in [6.07, 6.45) is 0. The summed E-state index contributed by atoms with van der Waals surface area (Å²) in [5.74, 6) is 0. The molecule has 0 unspecified atom stereocenters. The Morgan fingerprint density at radius 2 is 1.00 bits per heavy atom. The van der Waals surface area contributed by atoms with Gasteiger partial charge < -0.3 is 15.7 Å². The van der Waals surface area contributed by atoms with E-state index in [0.717, 1.165) is 0 Å². The molecule has 0 atom stereocenters. The number of carbonyl (C=O) groups is 2. The fraction of sp³-hybridized carbons (Fsp3) is 0. The second-order valence-electron chi connectivity index (χ2n) is 0.211. The Kier molecular flexibility index (Phi) is 306. The fourth-order valence-electron chi connectivity index (χ4n) is 0. The van der Waals surface area contributed by atoms with E-state index >= 15 is 0 Å². The van der Waals surface area contributed by atoms with Gasteiger partial charge in [0.2, 0.25) is 0 Å². The minimum atomic E-state index is -0.250. The number of hydrogen-bond acceptors (Lipinski definition) is 2. The quantitative estimate of drug-likeness (QED) is 0.339. The van der Waals surface area contributed by atoms with E-state index in [1.54, 1.807) is 0 Å². The zero-order chi connectivity index (χ0) is 5.41. The number of hydrogen-bond donors (Lipinski definition) is 2. The van der Waals surface area contributed by atoms with Crippen molar-refractivity contribution in [1.82, 2.24) is 0 Å². The molecule has 0 amide bonds. The van der Waals surface area contributed by atoms with Crippen LogP contribution in [0.3, 0.4) is 0 Å². The molecule has 0 aliphatic rings. The van der Waals surface area contributed by atoms with Crippen LogP contribution in [0.1, 0.15) is 0 Å². The minimum Gasteiger partial charge on any atom is -0.483 e. The second kappa shape index (κ2) is 93.6. The molecule has 0 saturated carbocycles. The van der Waals surface area contributed by atoms with E-state index in [9.17, 15) is 0 Å². The van der Waals surface area contributed by atoms with Gasteiger partial charge in [0.05, 0.1) is 0 Å². The Morgan fingerprint density at radius 1 is 1.00 bits per heavy atom. The third-order valence-corrected chi connectivity index (χ3v) is 0. The third kappa shape index (κ3) is 314. The molecule has 0 bridgehead atoms. The van der Waals surface area contributed by atoms with Crippen molar-refractivity contribution < 1.29 is 42.3 Å². The first kappa shape index (κ1) is 26.1. The normalized spacial score (nSPS) is 3.00. The van der Waals surface area contributed by atoms with Crippen LogP contribution in [0.5, 0.6) is 0 Å². The zero-order valence-electron chi connectivity index (χ0n) is 3.74. The molecule has 0 aliphatic heterocycles. The summed E-state index contributed by atoms with van der Waals surface area (Å²) in [5, 5.41) is 13.8. The van der Waals surface area contributed by atoms with Gasteiger partial charge in [-0.25, -0.2) is 0 Å². The summed E-state index contributed by atoms with van der Waals surface area (Å²) in [6.45, 7) is -0.500. The molecule has 0 saturated heterocycles. The van der Waals surface area contributed by atoms with Crippen molar-refractivity contribution in [3.8, 4) is 0 Å². The van der Waals surface area contributed by atoms with Gasteiger partial charge in [0.25, 0.3) is 12.9 Å². The second-order valence-corrected chi connectivity index (χ2v) is 0.211. The molecule has 51 valence electrons. The van der Waals surface area contributed by atoms with Crippen LogP contribution in [0.15, 0.2) is 0 Å². The van der Waals surface area contributed by atoms with Crippen molar-refractivity contribution in [2.75, 3.05) is 0 Å². The molecule has 0 aromatic rings. The zero-order valence-corrected chi connectivity index (χ0v) is 4.92. The fourth-order valence-corrected chi connectivity index (χ4v) is 0. The molecule has 0 aromatic carbocycles. The van der Waals surface area contributed by atoms with Gasteiger partial charge in [-0.3, -0.25) is 9.59 Å². The molecular weight excluding hydrogens is 159 g/mol. The van der Waals surface area contributed by atoms with E-state index in [1.807, 2.05) is 0 Å². The predicted octanol–water partition coefficient (Wildman–Crippen LogP) is -1.43. The first-order valence-electron chi connectivity index (χ1n) is 0.988. The molecule has 0 spiro atoms. The van der Waals surface area contributed by atoms with Crippen LogP contribution >= 0.6 is 0 Å². The van der Waals surface area contributed by atoms with E-state index in [2.05, 4.69) is 0 Å². The van der Waals surface area contributed by atoms with Crippen molar-refractivity contribution in [3.63, 3.8) is 0 Å². The van der Waals surface area contributed by atoms with Crippen LogP contribution in [0, 0.1) is 0 Å². The topological polar surface area (TPSA) is 106 Å². The van der Waals surface area contributed by atoms with Crippen LogP contribution in [-0.4, -0.2) is 28.6 Å². The van der Waals surface area contributed by atoms with Gasteiger partial charge in [0.15, 0.2) is 0 Å². The van der Waals surface area contributed by atoms with Gasteiger partial charge in [-0.15, -0.1) is 0 Å². The minimum absolute atomic E-state index is 0. The molecule has 0 heterocycles. The van der Waals surface area contributed by atoms with Crippen LogP contribution in [0.4, 0.5) is 0 Å². The largest absolute Gasteiger partial charge is 0.483 e. The third-order valence-electron chi connectivity index (χ3n) is 0. The van der Waals surface area contributed by atoms with Crippen molar-refractivity contribution in [3.05, 3.63) is 0 Å². The summed E-state index contributed by atoms with van der Waals surface area (Å²) in [7, 11) is 0. The number of carboxylic acid groups (broad SMARTS) is 2. The monoisotopic (exact) mass is 165 g/mol. The molecule has 0 aromatic heterocycles. The Balaban J connectivity index is -0.0000000160. The van der Waals surface area contributed by atoms with E-state index < -0.39 is 0 Å². The van der Waals surface area contributed by atoms with Crippen molar-refractivity contribution in [2.24, 2.45) is 0 Å². The van der Waals surface area contributed by atoms with Crippen LogP contribution in [-0.2, 0) is 26.7 Å². The molecule has 0 rings (SSSR count). The summed E-state index contributed by atoms with van der Waals surface area (Å²) in [5.41, 5.74) is 0. The SMILES string of the molecule is O.O=CO.O=CO.[Mn]. The van der Waals surface area contributed by atoms with Gasteiger partial charge >= 0.3 is 0 Å².